The Kier molecular flexibility index (Phi) is 6.83. The molecule has 0 heterocycles. The number of rotatable bonds is 6. The Morgan fingerprint density at radius 1 is 1.12 bits per heavy atom. The molecular weight excluding hydrogens is 302 g/mol. The topological polar surface area (TPSA) is 46.6 Å². The number of methoxy groups -OCH3 is 1. The van der Waals surface area contributed by atoms with Gasteiger partial charge in [0.2, 0.25) is 5.91 Å². The van der Waals surface area contributed by atoms with Crippen LogP contribution in [-0.2, 0) is 14.3 Å². The van der Waals surface area contributed by atoms with Crippen molar-refractivity contribution >= 4 is 11.9 Å². The Hall–Kier alpha value is -1.84. The zero-order chi connectivity index (χ0) is 17.5. The van der Waals surface area contributed by atoms with E-state index in [4.69, 9.17) is 4.74 Å². The fourth-order valence-corrected chi connectivity index (χ4v) is 3.51. The highest BCUT2D eigenvalue weighted by Crippen LogP contribution is 2.30. The molecule has 0 bridgehead atoms. The van der Waals surface area contributed by atoms with Gasteiger partial charge in [-0.25, -0.2) is 0 Å². The summed E-state index contributed by atoms with van der Waals surface area (Å²) in [6.07, 6.45) is 5.39. The lowest BCUT2D eigenvalue weighted by Gasteiger charge is -2.35. The number of hydrogen-bond donors (Lipinski definition) is 0. The number of amides is 1. The SMILES string of the molecule is COC(=O)C(C)CN(C(=O)C1CCCCC1)C(C)c1ccccc1. The summed E-state index contributed by atoms with van der Waals surface area (Å²) in [5.41, 5.74) is 1.10. The van der Waals surface area contributed by atoms with Crippen LogP contribution in [0.4, 0.5) is 0 Å². The summed E-state index contributed by atoms with van der Waals surface area (Å²) in [5.74, 6) is -0.318. The normalized spacial score (nSPS) is 17.8. The van der Waals surface area contributed by atoms with Gasteiger partial charge in [0.1, 0.15) is 0 Å². The van der Waals surface area contributed by atoms with Crippen molar-refractivity contribution in [3.05, 3.63) is 35.9 Å². The molecule has 0 aliphatic heterocycles. The molecule has 0 N–H and O–H groups in total. The maximum absolute atomic E-state index is 13.1. The van der Waals surface area contributed by atoms with Gasteiger partial charge < -0.3 is 9.64 Å². The molecule has 0 aromatic heterocycles. The van der Waals surface area contributed by atoms with E-state index in [2.05, 4.69) is 0 Å². The highest BCUT2D eigenvalue weighted by atomic mass is 16.5. The van der Waals surface area contributed by atoms with Crippen LogP contribution in [-0.4, -0.2) is 30.4 Å². The van der Waals surface area contributed by atoms with Gasteiger partial charge in [-0.3, -0.25) is 9.59 Å². The van der Waals surface area contributed by atoms with E-state index in [1.807, 2.05) is 49.1 Å². The van der Waals surface area contributed by atoms with Crippen LogP contribution in [0.25, 0.3) is 0 Å². The van der Waals surface area contributed by atoms with E-state index in [9.17, 15) is 9.59 Å². The lowest BCUT2D eigenvalue weighted by atomic mass is 9.87. The molecule has 1 aliphatic carbocycles. The lowest BCUT2D eigenvalue weighted by Crippen LogP contribution is -2.42. The van der Waals surface area contributed by atoms with Gasteiger partial charge in [-0.15, -0.1) is 0 Å². The van der Waals surface area contributed by atoms with E-state index in [1.165, 1.54) is 13.5 Å². The van der Waals surface area contributed by atoms with Crippen LogP contribution in [0.2, 0.25) is 0 Å². The summed E-state index contributed by atoms with van der Waals surface area (Å²) in [6.45, 7) is 4.27. The molecule has 1 aromatic carbocycles. The first kappa shape index (κ1) is 18.5. The fourth-order valence-electron chi connectivity index (χ4n) is 3.51. The Bertz CT molecular complexity index is 537. The third kappa shape index (κ3) is 4.59. The average molecular weight is 331 g/mol. The van der Waals surface area contributed by atoms with Crippen LogP contribution in [0.3, 0.4) is 0 Å². The summed E-state index contributed by atoms with van der Waals surface area (Å²) in [5, 5.41) is 0. The molecule has 4 heteroatoms. The van der Waals surface area contributed by atoms with Crippen LogP contribution in [0, 0.1) is 11.8 Å². The fraction of sp³-hybridized carbons (Fsp3) is 0.600. The van der Waals surface area contributed by atoms with Gasteiger partial charge in [-0.05, 0) is 25.3 Å². The Balaban J connectivity index is 2.19. The van der Waals surface area contributed by atoms with Crippen molar-refractivity contribution in [1.82, 2.24) is 4.90 Å². The number of hydrogen-bond acceptors (Lipinski definition) is 3. The second kappa shape index (κ2) is 8.86. The smallest absolute Gasteiger partial charge is 0.310 e. The van der Waals surface area contributed by atoms with Gasteiger partial charge in [0.25, 0.3) is 0 Å². The zero-order valence-electron chi connectivity index (χ0n) is 15.0. The van der Waals surface area contributed by atoms with Crippen molar-refractivity contribution in [2.24, 2.45) is 11.8 Å². The first-order chi connectivity index (χ1) is 11.5. The molecule has 1 fully saturated rings. The molecule has 1 saturated carbocycles. The number of carbonyl (C=O) groups excluding carboxylic acids is 2. The summed E-state index contributed by atoms with van der Waals surface area (Å²) < 4.78 is 4.85. The Morgan fingerprint density at radius 3 is 2.33 bits per heavy atom. The van der Waals surface area contributed by atoms with E-state index in [-0.39, 0.29) is 29.8 Å². The second-order valence-electron chi connectivity index (χ2n) is 6.84. The van der Waals surface area contributed by atoms with Crippen molar-refractivity contribution in [3.63, 3.8) is 0 Å². The van der Waals surface area contributed by atoms with E-state index in [0.717, 1.165) is 31.2 Å². The number of benzene rings is 1. The van der Waals surface area contributed by atoms with Crippen molar-refractivity contribution in [3.8, 4) is 0 Å². The number of nitrogens with zero attached hydrogens (tertiary/aromatic N) is 1. The molecule has 4 nitrogen and oxygen atoms in total. The second-order valence-corrected chi connectivity index (χ2v) is 6.84. The van der Waals surface area contributed by atoms with Crippen molar-refractivity contribution < 1.29 is 14.3 Å². The predicted octanol–water partition coefficient (Wildman–Crippen LogP) is 3.97. The molecule has 132 valence electrons. The minimum absolute atomic E-state index is 0.0484. The van der Waals surface area contributed by atoms with Crippen LogP contribution < -0.4 is 0 Å². The molecule has 0 saturated heterocycles. The maximum Gasteiger partial charge on any atom is 0.310 e. The molecule has 1 aliphatic rings. The van der Waals surface area contributed by atoms with Crippen LogP contribution >= 0.6 is 0 Å². The number of ether oxygens (including phenoxy) is 1. The summed E-state index contributed by atoms with van der Waals surface area (Å²) in [6, 6.07) is 9.97. The van der Waals surface area contributed by atoms with Crippen LogP contribution in [0.1, 0.15) is 57.6 Å². The molecular formula is C20H29NO3. The van der Waals surface area contributed by atoms with Gasteiger partial charge in [0, 0.05) is 12.5 Å². The Labute approximate surface area is 145 Å². The summed E-state index contributed by atoms with van der Waals surface area (Å²) >= 11 is 0. The summed E-state index contributed by atoms with van der Waals surface area (Å²) in [4.78, 5) is 26.9. The highest BCUT2D eigenvalue weighted by molar-refractivity contribution is 5.80. The molecule has 2 atom stereocenters. The quantitative estimate of drug-likeness (QED) is 0.741. The van der Waals surface area contributed by atoms with Crippen LogP contribution in [0.15, 0.2) is 30.3 Å². The summed E-state index contributed by atoms with van der Waals surface area (Å²) in [7, 11) is 1.40. The van der Waals surface area contributed by atoms with Crippen molar-refractivity contribution in [1.29, 1.82) is 0 Å². The minimum Gasteiger partial charge on any atom is -0.469 e. The van der Waals surface area contributed by atoms with E-state index >= 15 is 0 Å². The molecule has 1 amide bonds. The Morgan fingerprint density at radius 2 is 1.75 bits per heavy atom. The third-order valence-electron chi connectivity index (χ3n) is 5.06. The van der Waals surface area contributed by atoms with Gasteiger partial charge in [-0.2, -0.15) is 0 Å². The molecule has 2 rings (SSSR count). The first-order valence-electron chi connectivity index (χ1n) is 8.97. The monoisotopic (exact) mass is 331 g/mol. The predicted molar refractivity (Wildman–Crippen MR) is 94.3 cm³/mol. The highest BCUT2D eigenvalue weighted by Gasteiger charge is 2.31. The molecule has 0 radical (unpaired) electrons. The molecule has 0 spiro atoms. The van der Waals surface area contributed by atoms with Gasteiger partial charge in [-0.1, -0.05) is 56.5 Å². The van der Waals surface area contributed by atoms with E-state index < -0.39 is 0 Å². The first-order valence-corrected chi connectivity index (χ1v) is 8.97. The van der Waals surface area contributed by atoms with Gasteiger partial charge in [0.05, 0.1) is 19.1 Å². The van der Waals surface area contributed by atoms with Gasteiger partial charge >= 0.3 is 5.97 Å². The van der Waals surface area contributed by atoms with Crippen LogP contribution in [0.5, 0.6) is 0 Å². The van der Waals surface area contributed by atoms with Crippen molar-refractivity contribution in [2.75, 3.05) is 13.7 Å². The molecule has 2 unspecified atom stereocenters. The van der Waals surface area contributed by atoms with E-state index in [1.54, 1.807) is 0 Å². The standard InChI is InChI=1S/C20H29NO3/c1-15(20(23)24-3)14-21(16(2)17-10-6-4-7-11-17)19(22)18-12-8-5-9-13-18/h4,6-7,10-11,15-16,18H,5,8-9,12-14H2,1-3H3. The van der Waals surface area contributed by atoms with E-state index in [0.29, 0.717) is 6.54 Å². The zero-order valence-corrected chi connectivity index (χ0v) is 15.0. The number of carbonyl (C=O) groups is 2. The third-order valence-corrected chi connectivity index (χ3v) is 5.06. The number of esters is 1. The largest absolute Gasteiger partial charge is 0.469 e. The molecule has 1 aromatic rings. The maximum atomic E-state index is 13.1. The van der Waals surface area contributed by atoms with Crippen molar-refractivity contribution in [2.45, 2.75) is 52.0 Å². The molecule has 24 heavy (non-hydrogen) atoms. The lowest BCUT2D eigenvalue weighted by molar-refractivity contribution is -0.148. The minimum atomic E-state index is -0.325. The average Bonchev–Trinajstić information content (AvgIpc) is 2.65. The van der Waals surface area contributed by atoms with Gasteiger partial charge in [0.15, 0.2) is 0 Å².